The summed E-state index contributed by atoms with van der Waals surface area (Å²) in [6.07, 6.45) is 2.91. The molecular formula is C28H31N3O3S. The van der Waals surface area contributed by atoms with E-state index in [2.05, 4.69) is 35.2 Å². The molecule has 0 radical (unpaired) electrons. The number of carbonyl (C=O) groups is 2. The Labute approximate surface area is 209 Å². The summed E-state index contributed by atoms with van der Waals surface area (Å²) in [4.78, 5) is 31.8. The van der Waals surface area contributed by atoms with Gasteiger partial charge in [0.25, 0.3) is 5.91 Å². The Hall–Kier alpha value is -3.45. The number of carbonyl (C=O) groups excluding carboxylic acids is 1. The lowest BCUT2D eigenvalue weighted by Crippen LogP contribution is -2.51. The molecule has 1 unspecified atom stereocenters. The van der Waals surface area contributed by atoms with Crippen molar-refractivity contribution >= 4 is 34.2 Å². The molecule has 4 rings (SSSR count). The van der Waals surface area contributed by atoms with Crippen LogP contribution in [-0.2, 0) is 16.8 Å². The fourth-order valence-electron chi connectivity index (χ4n) is 4.73. The fraction of sp³-hybridized carbons (Fsp3) is 0.321. The molecule has 2 N–H and O–H groups in total. The van der Waals surface area contributed by atoms with E-state index in [9.17, 15) is 14.7 Å². The molecule has 6 nitrogen and oxygen atoms in total. The number of fused-ring (bicyclic) bond motifs is 1. The van der Waals surface area contributed by atoms with Crippen LogP contribution in [-0.4, -0.2) is 26.5 Å². The minimum atomic E-state index is -1.51. The highest BCUT2D eigenvalue weighted by atomic mass is 32.1. The molecule has 0 spiro atoms. The summed E-state index contributed by atoms with van der Waals surface area (Å²) in [7, 11) is 0. The van der Waals surface area contributed by atoms with Crippen LogP contribution in [0.15, 0.2) is 66.0 Å². The van der Waals surface area contributed by atoms with Crippen molar-refractivity contribution in [1.29, 1.82) is 0 Å². The van der Waals surface area contributed by atoms with E-state index >= 15 is 0 Å². The second kappa shape index (κ2) is 10.4. The number of carboxylic acids is 1. The van der Waals surface area contributed by atoms with E-state index in [4.69, 9.17) is 4.98 Å². The largest absolute Gasteiger partial charge is 0.479 e. The van der Waals surface area contributed by atoms with Gasteiger partial charge >= 0.3 is 5.97 Å². The average Bonchev–Trinajstić information content (AvgIpc) is 3.51. The number of benzene rings is 2. The number of nitrogens with zero attached hydrogens (tertiary/aromatic N) is 2. The van der Waals surface area contributed by atoms with Crippen molar-refractivity contribution in [2.75, 3.05) is 0 Å². The molecule has 7 heteroatoms. The number of hydrogen-bond acceptors (Lipinski definition) is 4. The maximum atomic E-state index is 13.3. The van der Waals surface area contributed by atoms with Crippen molar-refractivity contribution in [2.45, 2.75) is 58.0 Å². The van der Waals surface area contributed by atoms with Gasteiger partial charge in [0, 0.05) is 22.9 Å². The van der Waals surface area contributed by atoms with Crippen molar-refractivity contribution < 1.29 is 14.7 Å². The number of aromatic nitrogens is 2. The van der Waals surface area contributed by atoms with E-state index in [0.29, 0.717) is 17.2 Å². The molecule has 2 aromatic heterocycles. The van der Waals surface area contributed by atoms with Gasteiger partial charge < -0.3 is 15.0 Å². The minimum Gasteiger partial charge on any atom is -0.479 e. The Morgan fingerprint density at radius 3 is 2.40 bits per heavy atom. The first-order valence-electron chi connectivity index (χ1n) is 12.1. The van der Waals surface area contributed by atoms with Gasteiger partial charge in [0.1, 0.15) is 5.82 Å². The molecule has 0 aliphatic carbocycles. The van der Waals surface area contributed by atoms with Gasteiger partial charge in [-0.1, -0.05) is 57.2 Å². The van der Waals surface area contributed by atoms with Crippen molar-refractivity contribution in [3.8, 4) is 0 Å². The van der Waals surface area contributed by atoms with Gasteiger partial charge in [0.05, 0.1) is 11.0 Å². The molecule has 4 aromatic rings. The van der Waals surface area contributed by atoms with Crippen LogP contribution in [0.2, 0.25) is 0 Å². The molecule has 2 heterocycles. The van der Waals surface area contributed by atoms with Gasteiger partial charge in [0.2, 0.25) is 0 Å². The first kappa shape index (κ1) is 24.7. The van der Waals surface area contributed by atoms with E-state index in [1.807, 2.05) is 18.2 Å². The zero-order valence-corrected chi connectivity index (χ0v) is 21.1. The lowest BCUT2D eigenvalue weighted by atomic mass is 9.87. The van der Waals surface area contributed by atoms with E-state index < -0.39 is 17.4 Å². The summed E-state index contributed by atoms with van der Waals surface area (Å²) < 4.78 is 2.30. The van der Waals surface area contributed by atoms with Crippen LogP contribution >= 0.6 is 11.3 Å². The molecule has 0 fully saturated rings. The van der Waals surface area contributed by atoms with E-state index in [1.54, 1.807) is 54.7 Å². The topological polar surface area (TPSA) is 84.2 Å². The Morgan fingerprint density at radius 2 is 1.80 bits per heavy atom. The van der Waals surface area contributed by atoms with E-state index in [-0.39, 0.29) is 6.42 Å². The maximum Gasteiger partial charge on any atom is 0.334 e. The third kappa shape index (κ3) is 4.73. The third-order valence-corrected chi connectivity index (χ3v) is 7.61. The zero-order chi connectivity index (χ0) is 25.0. The molecule has 0 aliphatic rings. The van der Waals surface area contributed by atoms with Gasteiger partial charge in [-0.3, -0.25) is 4.79 Å². The van der Waals surface area contributed by atoms with Crippen LogP contribution in [0, 0.1) is 0 Å². The zero-order valence-electron chi connectivity index (χ0n) is 20.3. The summed E-state index contributed by atoms with van der Waals surface area (Å²) in [5.74, 6) is -0.541. The molecule has 1 atom stereocenters. The Kier molecular flexibility index (Phi) is 7.36. The summed E-state index contributed by atoms with van der Waals surface area (Å²) in [5.41, 5.74) is 1.16. The highest BCUT2D eigenvalue weighted by Crippen LogP contribution is 2.30. The molecular weight excluding hydrogens is 458 g/mol. The first-order chi connectivity index (χ1) is 16.9. The van der Waals surface area contributed by atoms with E-state index in [1.165, 1.54) is 4.88 Å². The van der Waals surface area contributed by atoms with Gasteiger partial charge in [-0.2, -0.15) is 0 Å². The number of rotatable bonds is 10. The molecule has 0 saturated heterocycles. The smallest absolute Gasteiger partial charge is 0.334 e. The number of amides is 1. The molecule has 182 valence electrons. The van der Waals surface area contributed by atoms with Crippen LogP contribution in [0.4, 0.5) is 0 Å². The number of imidazole rings is 1. The Morgan fingerprint density at radius 1 is 1.06 bits per heavy atom. The summed E-state index contributed by atoms with van der Waals surface area (Å²) in [6, 6.07) is 18.8. The number of thiophene rings is 1. The second-order valence-electron chi connectivity index (χ2n) is 8.71. The predicted molar refractivity (Wildman–Crippen MR) is 140 cm³/mol. The third-order valence-electron chi connectivity index (χ3n) is 6.73. The quantitative estimate of drug-likeness (QED) is 0.279. The van der Waals surface area contributed by atoms with Crippen LogP contribution in [0.5, 0.6) is 0 Å². The van der Waals surface area contributed by atoms with Crippen LogP contribution < -0.4 is 5.32 Å². The number of hydrogen-bond donors (Lipinski definition) is 2. The Bertz CT molecular complexity index is 1310. The molecule has 0 bridgehead atoms. The maximum absolute atomic E-state index is 13.3. The second-order valence-corrected chi connectivity index (χ2v) is 9.74. The Balaban J connectivity index is 1.73. The van der Waals surface area contributed by atoms with Gasteiger partial charge in [-0.15, -0.1) is 11.3 Å². The van der Waals surface area contributed by atoms with Crippen molar-refractivity contribution in [1.82, 2.24) is 14.9 Å². The lowest BCUT2D eigenvalue weighted by molar-refractivity contribution is -0.145. The minimum absolute atomic E-state index is 0.217. The van der Waals surface area contributed by atoms with Crippen molar-refractivity contribution in [2.24, 2.45) is 0 Å². The van der Waals surface area contributed by atoms with Gasteiger partial charge in [-0.05, 0) is 54.5 Å². The summed E-state index contributed by atoms with van der Waals surface area (Å²) in [6.45, 7) is 6.12. The average molecular weight is 490 g/mol. The number of carboxylic acid groups (broad SMARTS) is 1. The van der Waals surface area contributed by atoms with Gasteiger partial charge in [-0.25, -0.2) is 9.78 Å². The highest BCUT2D eigenvalue weighted by Gasteiger charge is 2.40. The van der Waals surface area contributed by atoms with Crippen molar-refractivity contribution in [3.05, 3.63) is 87.9 Å². The lowest BCUT2D eigenvalue weighted by Gasteiger charge is -2.30. The van der Waals surface area contributed by atoms with Crippen molar-refractivity contribution in [3.63, 3.8) is 0 Å². The van der Waals surface area contributed by atoms with Crippen LogP contribution in [0.1, 0.15) is 72.7 Å². The molecule has 2 aromatic carbocycles. The SMILES string of the molecule is CCC(CC)n1c(Cc2cccs2)nc2cc(C(=O)NC(CC)(C(=O)O)c3ccccc3)ccc21. The van der Waals surface area contributed by atoms with E-state index in [0.717, 1.165) is 36.1 Å². The summed E-state index contributed by atoms with van der Waals surface area (Å²) in [5, 5.41) is 15.0. The molecule has 35 heavy (non-hydrogen) atoms. The highest BCUT2D eigenvalue weighted by molar-refractivity contribution is 7.09. The molecule has 1 amide bonds. The standard InChI is InChI=1S/C28H31N3O3S/c1-4-21(5-2)31-24-15-14-19(17-23(24)29-25(31)18-22-13-10-16-35-22)26(32)30-28(6-3,27(33)34)20-11-8-7-9-12-20/h7-17,21H,4-6,18H2,1-3H3,(H,30,32)(H,33,34). The number of nitrogens with one attached hydrogen (secondary N) is 1. The first-order valence-corrected chi connectivity index (χ1v) is 13.0. The van der Waals surface area contributed by atoms with Crippen LogP contribution in [0.3, 0.4) is 0 Å². The monoisotopic (exact) mass is 489 g/mol. The fourth-order valence-corrected chi connectivity index (χ4v) is 5.43. The summed E-state index contributed by atoms with van der Waals surface area (Å²) >= 11 is 1.71. The normalized spacial score (nSPS) is 13.1. The predicted octanol–water partition coefficient (Wildman–Crippen LogP) is 6.17. The number of aliphatic carboxylic acids is 1. The molecule has 0 saturated carbocycles. The van der Waals surface area contributed by atoms with Crippen LogP contribution in [0.25, 0.3) is 11.0 Å². The van der Waals surface area contributed by atoms with Gasteiger partial charge in [0.15, 0.2) is 5.54 Å². The molecule has 0 aliphatic heterocycles.